The third-order valence-electron chi connectivity index (χ3n) is 9.56. The van der Waals surface area contributed by atoms with Gasteiger partial charge in [-0.15, -0.1) is 11.8 Å². The van der Waals surface area contributed by atoms with Crippen LogP contribution < -0.4 is 14.5 Å². The number of fused-ring (bicyclic) bond motifs is 9. The number of hydrogen-bond acceptors (Lipinski definition) is 6. The number of H-pyrrole nitrogens is 1. The lowest BCUT2D eigenvalue weighted by molar-refractivity contribution is -0.123. The van der Waals surface area contributed by atoms with Gasteiger partial charge >= 0.3 is 4.87 Å². The number of imide groups is 1. The van der Waals surface area contributed by atoms with Crippen molar-refractivity contribution in [3.05, 3.63) is 109 Å². The number of halogens is 1. The van der Waals surface area contributed by atoms with Gasteiger partial charge in [0.2, 0.25) is 11.8 Å². The largest absolute Gasteiger partial charge is 0.489 e. The molecule has 2 saturated carbocycles. The number of hydrogen-bond donors (Lipinski definition) is 1. The van der Waals surface area contributed by atoms with E-state index in [0.29, 0.717) is 17.3 Å². The maximum Gasteiger partial charge on any atom is 0.305 e. The maximum atomic E-state index is 14.0. The minimum Gasteiger partial charge on any atom is -0.489 e. The Kier molecular flexibility index (Phi) is 6.18. The van der Waals surface area contributed by atoms with Crippen molar-refractivity contribution < 1.29 is 14.3 Å². The number of aromatic amines is 1. The predicted octanol–water partition coefficient (Wildman–Crippen LogP) is 6.66. The van der Waals surface area contributed by atoms with Gasteiger partial charge in [0.15, 0.2) is 0 Å². The Morgan fingerprint density at radius 2 is 1.69 bits per heavy atom. The zero-order valence-corrected chi connectivity index (χ0v) is 25.0. The van der Waals surface area contributed by atoms with Crippen molar-refractivity contribution in [2.75, 3.05) is 4.90 Å². The minimum atomic E-state index is -0.361. The fraction of sp³-hybridized carbons (Fsp3) is 0.303. The number of carbonyl (C=O) groups excluding carboxylic acids is 2. The Morgan fingerprint density at radius 3 is 2.45 bits per heavy atom. The number of para-hydroxylation sites is 1. The van der Waals surface area contributed by atoms with Crippen LogP contribution in [0, 0.1) is 36.5 Å². The quantitative estimate of drug-likeness (QED) is 0.255. The number of nitrogens with zero attached hydrogens (tertiary/aromatic N) is 1. The highest BCUT2D eigenvalue weighted by atomic mass is 35.5. The number of thiazole rings is 1. The number of thioether (sulfide) groups is 1. The smallest absolute Gasteiger partial charge is 0.305 e. The molecule has 3 heterocycles. The van der Waals surface area contributed by atoms with Gasteiger partial charge in [0.1, 0.15) is 12.4 Å². The van der Waals surface area contributed by atoms with E-state index < -0.39 is 0 Å². The zero-order valence-electron chi connectivity index (χ0n) is 22.7. The van der Waals surface area contributed by atoms with Crippen LogP contribution in [0.5, 0.6) is 5.75 Å². The molecule has 8 rings (SSSR count). The predicted molar refractivity (Wildman–Crippen MR) is 164 cm³/mol. The topological polar surface area (TPSA) is 79.5 Å². The molecular weight excluding hydrogens is 588 g/mol. The summed E-state index contributed by atoms with van der Waals surface area (Å²) in [5.74, 6) is -0.200. The number of ether oxygens (including phenoxy) is 1. The molecule has 0 radical (unpaired) electrons. The molecule has 2 aliphatic carbocycles. The van der Waals surface area contributed by atoms with Gasteiger partial charge in [-0.3, -0.25) is 19.3 Å². The average molecular weight is 615 g/mol. The summed E-state index contributed by atoms with van der Waals surface area (Å²) in [7, 11) is 0. The van der Waals surface area contributed by atoms with Gasteiger partial charge in [0, 0.05) is 26.6 Å². The van der Waals surface area contributed by atoms with Crippen LogP contribution in [0.15, 0.2) is 82.6 Å². The maximum absolute atomic E-state index is 14.0. The molecular formula is C33H27ClN2O4S2. The van der Waals surface area contributed by atoms with Gasteiger partial charge in [-0.25, -0.2) is 0 Å². The van der Waals surface area contributed by atoms with Gasteiger partial charge in [-0.05, 0) is 67.0 Å². The second-order valence-corrected chi connectivity index (χ2v) is 14.4. The van der Waals surface area contributed by atoms with Crippen LogP contribution >= 0.6 is 34.7 Å². The summed E-state index contributed by atoms with van der Waals surface area (Å²) in [5.41, 5.74) is 3.82. The normalized spacial score (nSPS) is 29.0. The average Bonchev–Trinajstić information content (AvgIpc) is 3.72. The lowest BCUT2D eigenvalue weighted by Crippen LogP contribution is -2.42. The van der Waals surface area contributed by atoms with Crippen LogP contribution in [-0.2, 0) is 16.2 Å². The van der Waals surface area contributed by atoms with Crippen LogP contribution in [0.2, 0.25) is 5.02 Å². The second-order valence-electron chi connectivity index (χ2n) is 11.8. The van der Waals surface area contributed by atoms with Gasteiger partial charge in [0.05, 0.1) is 22.5 Å². The van der Waals surface area contributed by atoms with Gasteiger partial charge in [0.25, 0.3) is 0 Å². The molecule has 212 valence electrons. The molecule has 2 amide bonds. The van der Waals surface area contributed by atoms with E-state index in [1.54, 1.807) is 11.8 Å². The van der Waals surface area contributed by atoms with Crippen LogP contribution in [0.1, 0.15) is 33.9 Å². The summed E-state index contributed by atoms with van der Waals surface area (Å²) in [6, 6.07) is 23.2. The van der Waals surface area contributed by atoms with Gasteiger partial charge in [-0.2, -0.15) is 0 Å². The molecule has 0 unspecified atom stereocenters. The van der Waals surface area contributed by atoms with Crippen molar-refractivity contribution in [3.8, 4) is 5.75 Å². The van der Waals surface area contributed by atoms with Crippen molar-refractivity contribution in [3.63, 3.8) is 0 Å². The first-order valence-corrected chi connectivity index (χ1v) is 16.3. The van der Waals surface area contributed by atoms with E-state index >= 15 is 0 Å². The Labute approximate surface area is 256 Å². The van der Waals surface area contributed by atoms with Crippen molar-refractivity contribution in [1.29, 1.82) is 0 Å². The standard InChI is InChI=1S/C33H27ClN2O4S2/c1-16-7-9-17(10-8-16)15-40-23-12-11-18(34)13-20(23)24-25-21-14-22(28(25)41-30-29(24)42-33(39)35-30)27-26(21)31(37)36(32(27)38)19-5-3-2-4-6-19/h2-13,21-22,24-28H,14-15H2,1H3,(H,35,39)/t21-,22-,24+,25+,26+,27+,28-/m1/s1. The van der Waals surface area contributed by atoms with Crippen molar-refractivity contribution in [2.24, 2.45) is 29.6 Å². The lowest BCUT2D eigenvalue weighted by Gasteiger charge is -2.43. The molecule has 9 heteroatoms. The Balaban J connectivity index is 1.20. The van der Waals surface area contributed by atoms with Crippen LogP contribution in [0.25, 0.3) is 0 Å². The number of amides is 2. The number of nitrogens with one attached hydrogen (secondary N) is 1. The molecule has 3 fully saturated rings. The summed E-state index contributed by atoms with van der Waals surface area (Å²) in [5, 5.41) is 1.55. The summed E-state index contributed by atoms with van der Waals surface area (Å²) >= 11 is 9.52. The monoisotopic (exact) mass is 614 g/mol. The Morgan fingerprint density at radius 1 is 0.952 bits per heavy atom. The third kappa shape index (κ3) is 3.95. The van der Waals surface area contributed by atoms with E-state index in [2.05, 4.69) is 36.2 Å². The van der Waals surface area contributed by atoms with E-state index in [9.17, 15) is 14.4 Å². The summed E-state index contributed by atoms with van der Waals surface area (Å²) in [4.78, 5) is 45.8. The van der Waals surface area contributed by atoms with Gasteiger partial charge < -0.3 is 9.72 Å². The SMILES string of the molecule is Cc1ccc(COc2ccc(Cl)cc2[C@@H]2c3sc(=O)[nH]c3S[C@@H]3[C@@H]4C[C@@H]([C@@H]5C(=O)N(c6ccccc6)C(=O)[C@@H]45)[C@@H]23)cc1. The first-order chi connectivity index (χ1) is 20.4. The lowest BCUT2D eigenvalue weighted by atomic mass is 9.68. The number of anilines is 1. The zero-order chi connectivity index (χ0) is 28.7. The summed E-state index contributed by atoms with van der Waals surface area (Å²) in [6.07, 6.45) is 0.827. The Bertz CT molecular complexity index is 1790. The molecule has 42 heavy (non-hydrogen) atoms. The molecule has 1 saturated heterocycles. The molecule has 4 aromatic rings. The Hall–Kier alpha value is -3.33. The first kappa shape index (κ1) is 26.3. The molecule has 7 atom stereocenters. The molecule has 4 aliphatic rings. The molecule has 2 aliphatic heterocycles. The fourth-order valence-corrected chi connectivity index (χ4v) is 11.0. The highest BCUT2D eigenvalue weighted by molar-refractivity contribution is 8.00. The van der Waals surface area contributed by atoms with E-state index in [4.69, 9.17) is 16.3 Å². The van der Waals surface area contributed by atoms with E-state index in [0.717, 1.165) is 33.2 Å². The number of aryl methyl sites for hydroxylation is 1. The van der Waals surface area contributed by atoms with E-state index in [1.165, 1.54) is 21.8 Å². The van der Waals surface area contributed by atoms with Crippen LogP contribution in [0.3, 0.4) is 0 Å². The van der Waals surface area contributed by atoms with E-state index in [1.807, 2.05) is 48.5 Å². The van der Waals surface area contributed by atoms with Crippen molar-refractivity contribution in [1.82, 2.24) is 4.98 Å². The molecule has 6 nitrogen and oxygen atoms in total. The molecule has 0 spiro atoms. The molecule has 2 bridgehead atoms. The highest BCUT2D eigenvalue weighted by Gasteiger charge is 2.69. The molecule has 1 N–H and O–H groups in total. The number of benzene rings is 3. The van der Waals surface area contributed by atoms with Crippen molar-refractivity contribution >= 4 is 52.2 Å². The van der Waals surface area contributed by atoms with Gasteiger partial charge in [-0.1, -0.05) is 71.0 Å². The molecule has 3 aromatic carbocycles. The summed E-state index contributed by atoms with van der Waals surface area (Å²) < 4.78 is 6.44. The number of rotatable bonds is 5. The fourth-order valence-electron chi connectivity index (χ4n) is 7.94. The number of carbonyl (C=O) groups is 2. The van der Waals surface area contributed by atoms with Crippen LogP contribution in [-0.4, -0.2) is 22.0 Å². The highest BCUT2D eigenvalue weighted by Crippen LogP contribution is 2.69. The second kappa shape index (κ2) is 9.86. The minimum absolute atomic E-state index is 0.0157. The third-order valence-corrected chi connectivity index (χ3v) is 12.4. The van der Waals surface area contributed by atoms with E-state index in [-0.39, 0.29) is 57.4 Å². The molecule has 1 aromatic heterocycles. The number of aromatic nitrogens is 1. The first-order valence-electron chi connectivity index (χ1n) is 14.2. The summed E-state index contributed by atoms with van der Waals surface area (Å²) in [6.45, 7) is 2.46. The van der Waals surface area contributed by atoms with Crippen LogP contribution in [0.4, 0.5) is 5.69 Å². The van der Waals surface area contributed by atoms with Crippen molar-refractivity contribution in [2.45, 2.75) is 36.1 Å².